The summed E-state index contributed by atoms with van der Waals surface area (Å²) in [5, 5.41) is 14.3. The van der Waals surface area contributed by atoms with Gasteiger partial charge in [-0.05, 0) is 190 Å². The number of esters is 3. The monoisotopic (exact) mass is 1190 g/mol. The fourth-order valence-corrected chi connectivity index (χ4v) is 11.1. The Morgan fingerprint density at radius 3 is 0.977 bits per heavy atom. The van der Waals surface area contributed by atoms with Crippen LogP contribution in [-0.4, -0.2) is 55.4 Å². The van der Waals surface area contributed by atoms with E-state index in [4.69, 9.17) is 23.9 Å². The Labute approximate surface area is 523 Å². The molecule has 0 saturated heterocycles. The van der Waals surface area contributed by atoms with Gasteiger partial charge in [-0.2, -0.15) is 10.1 Å². The van der Waals surface area contributed by atoms with Gasteiger partial charge in [0.2, 0.25) is 0 Å². The van der Waals surface area contributed by atoms with E-state index < -0.39 is 35.2 Å². The van der Waals surface area contributed by atoms with E-state index in [9.17, 15) is 19.5 Å². The van der Waals surface area contributed by atoms with Gasteiger partial charge in [0.05, 0.1) is 23.9 Å². The molecule has 6 aromatic carbocycles. The molecular weight excluding hydrogens is 1080 g/mol. The molecule has 1 N–H and O–H groups in total. The van der Waals surface area contributed by atoms with Crippen molar-refractivity contribution in [3.63, 3.8) is 0 Å². The molecule has 8 atom stereocenters. The molecule has 87 heavy (non-hydrogen) atoms. The molecule has 472 valence electrons. The van der Waals surface area contributed by atoms with Gasteiger partial charge in [0, 0.05) is 18.0 Å². The zero-order chi connectivity index (χ0) is 64.4. The third-order valence-corrected chi connectivity index (χ3v) is 15.1. The predicted octanol–water partition coefficient (Wildman–Crippen LogP) is 19.0. The third-order valence-electron chi connectivity index (χ3n) is 15.1. The summed E-state index contributed by atoms with van der Waals surface area (Å²) in [6.45, 7) is 38.9. The van der Waals surface area contributed by atoms with Crippen molar-refractivity contribution in [2.45, 2.75) is 216 Å². The molecule has 0 aliphatic heterocycles. The molecule has 0 spiro atoms. The second-order valence-corrected chi connectivity index (χ2v) is 28.2. The van der Waals surface area contributed by atoms with Crippen molar-refractivity contribution in [1.82, 2.24) is 10.1 Å². The zero-order valence-corrected chi connectivity index (χ0v) is 55.9. The lowest BCUT2D eigenvalue weighted by atomic mass is 9.85. The van der Waals surface area contributed by atoms with Crippen LogP contribution in [0.25, 0.3) is 0 Å². The summed E-state index contributed by atoms with van der Waals surface area (Å²) in [6, 6.07) is 55.9. The summed E-state index contributed by atoms with van der Waals surface area (Å²) >= 11 is 0. The van der Waals surface area contributed by atoms with Crippen LogP contribution in [0.2, 0.25) is 0 Å². The largest absolute Gasteiger partial charge is 0.508 e. The van der Waals surface area contributed by atoms with Gasteiger partial charge in [-0.15, -0.1) is 0 Å². The second-order valence-electron chi connectivity index (χ2n) is 28.2. The van der Waals surface area contributed by atoms with Crippen molar-refractivity contribution in [3.8, 4) is 11.5 Å². The fourth-order valence-electron chi connectivity index (χ4n) is 11.1. The Kier molecular flexibility index (Phi) is 26.2. The maximum Gasteiger partial charge on any atom is 0.309 e. The van der Waals surface area contributed by atoms with Crippen LogP contribution in [-0.2, 0) is 33.5 Å². The molecule has 0 bridgehead atoms. The van der Waals surface area contributed by atoms with Crippen molar-refractivity contribution in [2.24, 2.45) is 23.7 Å². The molecule has 0 amide bonds. The topological polar surface area (TPSA) is 124 Å². The van der Waals surface area contributed by atoms with E-state index in [1.807, 2.05) is 114 Å². The number of nitrogens with zero attached hydrogens (tertiary/aromatic N) is 2. The number of phenolic OH excluding ortho intramolecular Hbond substituents is 1. The average molecular weight is 1190 g/mol. The van der Waals surface area contributed by atoms with Crippen molar-refractivity contribution < 1.29 is 43.4 Å². The molecule has 0 aliphatic carbocycles. The van der Waals surface area contributed by atoms with Gasteiger partial charge in [-0.1, -0.05) is 187 Å². The quantitative estimate of drug-likeness (QED) is 0.0335. The summed E-state index contributed by atoms with van der Waals surface area (Å²) in [5.74, 6) is -0.258. The lowest BCUT2D eigenvalue weighted by Crippen LogP contribution is -2.46. The van der Waals surface area contributed by atoms with Crippen LogP contribution in [0.5, 0.6) is 11.5 Å². The minimum absolute atomic E-state index is 0.0194. The van der Waals surface area contributed by atoms with E-state index in [0.717, 1.165) is 16.7 Å². The number of ether oxygens (including phenoxy) is 3. The van der Waals surface area contributed by atoms with Crippen LogP contribution < -0.4 is 4.74 Å². The maximum atomic E-state index is 13.9. The first-order valence-corrected chi connectivity index (χ1v) is 31.4. The molecule has 6 rings (SSSR count). The number of carbonyl (C=O) groups is 3. The number of hydrogen-bond acceptors (Lipinski definition) is 11. The molecule has 11 heteroatoms. The van der Waals surface area contributed by atoms with Crippen LogP contribution in [0.1, 0.15) is 227 Å². The van der Waals surface area contributed by atoms with Gasteiger partial charge in [0.1, 0.15) is 34.9 Å². The number of benzene rings is 6. The van der Waals surface area contributed by atoms with Crippen LogP contribution in [0.4, 0.5) is 0 Å². The van der Waals surface area contributed by atoms with Crippen molar-refractivity contribution in [3.05, 3.63) is 203 Å². The zero-order valence-electron chi connectivity index (χ0n) is 55.9. The van der Waals surface area contributed by atoms with E-state index >= 15 is 0 Å². The molecule has 0 fully saturated rings. The van der Waals surface area contributed by atoms with Gasteiger partial charge < -0.3 is 19.3 Å². The Bertz CT molecular complexity index is 2980. The standard InChI is InChI=1S/C39H53NO5.C37H51NO4/c1-27(2)36(32-19-15-12-16-20-32)40(38(5,6)7)45-35(31-21-23-34(24-22-31)43-29(4)41)26-33(37(42)44-39(8,9)10)25-28(3)30-17-13-11-14-18-30;1-26(2)34(30-18-14-11-15-19-30)38(36(4,5)6)42-33(29-20-22-32(39)23-21-29)25-31(35(40)41-37(7,8)9)24-27(3)28-16-12-10-13-17-28/h11-24,27-28,33,35-36H,25-26H2,1-10H3;10-23,26-27,31,33-34,39H,24-25H2,1-9H3. The lowest BCUT2D eigenvalue weighted by Gasteiger charge is -2.44. The smallest absolute Gasteiger partial charge is 0.309 e. The molecule has 0 aliphatic rings. The Hall–Kier alpha value is -6.63. The lowest BCUT2D eigenvalue weighted by molar-refractivity contribution is -0.279. The van der Waals surface area contributed by atoms with Crippen LogP contribution in [0, 0.1) is 23.7 Å². The number of hydrogen-bond donors (Lipinski definition) is 1. The van der Waals surface area contributed by atoms with Gasteiger partial charge >= 0.3 is 17.9 Å². The number of rotatable bonds is 25. The van der Waals surface area contributed by atoms with E-state index in [1.54, 1.807) is 24.3 Å². The molecule has 6 aromatic rings. The van der Waals surface area contributed by atoms with E-state index in [2.05, 4.69) is 166 Å². The highest BCUT2D eigenvalue weighted by Crippen LogP contribution is 2.43. The highest BCUT2D eigenvalue weighted by molar-refractivity contribution is 5.74. The van der Waals surface area contributed by atoms with Gasteiger partial charge in [-0.3, -0.25) is 24.1 Å². The molecule has 8 unspecified atom stereocenters. The van der Waals surface area contributed by atoms with Crippen molar-refractivity contribution in [2.75, 3.05) is 0 Å². The third kappa shape index (κ3) is 23.1. The Morgan fingerprint density at radius 2 is 0.701 bits per heavy atom. The average Bonchev–Trinajstić information content (AvgIpc) is 1.50. The summed E-state index contributed by atoms with van der Waals surface area (Å²) in [4.78, 5) is 53.4. The fraction of sp³-hybridized carbons (Fsp3) is 0.487. The molecule has 0 heterocycles. The van der Waals surface area contributed by atoms with Crippen molar-refractivity contribution in [1.29, 1.82) is 0 Å². The number of hydroxylamine groups is 4. The molecule has 0 saturated carbocycles. The first-order valence-electron chi connectivity index (χ1n) is 31.4. The Morgan fingerprint density at radius 1 is 0.402 bits per heavy atom. The van der Waals surface area contributed by atoms with Gasteiger partial charge in [0.15, 0.2) is 0 Å². The first kappa shape index (κ1) is 71.1. The summed E-state index contributed by atoms with van der Waals surface area (Å²) < 4.78 is 17.3. The van der Waals surface area contributed by atoms with E-state index in [0.29, 0.717) is 31.4 Å². The highest BCUT2D eigenvalue weighted by Gasteiger charge is 2.40. The Balaban J connectivity index is 0.000000318. The number of carbonyl (C=O) groups excluding carboxylic acids is 3. The van der Waals surface area contributed by atoms with Crippen molar-refractivity contribution >= 4 is 17.9 Å². The predicted molar refractivity (Wildman–Crippen MR) is 352 cm³/mol. The van der Waals surface area contributed by atoms with E-state index in [-0.39, 0.29) is 70.5 Å². The highest BCUT2D eigenvalue weighted by atomic mass is 16.7. The minimum atomic E-state index is -0.624. The molecular formula is C76H104N2O9. The number of phenols is 1. The first-order chi connectivity index (χ1) is 40.7. The summed E-state index contributed by atoms with van der Waals surface area (Å²) in [6.07, 6.45) is 1.13. The van der Waals surface area contributed by atoms with E-state index in [1.165, 1.54) is 23.6 Å². The molecule has 11 nitrogen and oxygen atoms in total. The SMILES string of the molecule is CC(=O)Oc1ccc(C(CC(CC(C)c2ccccc2)C(=O)OC(C)(C)C)ON(C(c2ccccc2)C(C)C)C(C)(C)C)cc1.CC(CC(CC(ON(C(c1ccccc1)C(C)C)C(C)(C)C)c1ccc(O)cc1)C(=O)OC(C)(C)C)c1ccccc1. The van der Waals surface area contributed by atoms with Crippen LogP contribution in [0.15, 0.2) is 170 Å². The van der Waals surface area contributed by atoms with Gasteiger partial charge in [0.25, 0.3) is 0 Å². The van der Waals surface area contributed by atoms with Crippen LogP contribution in [0.3, 0.4) is 0 Å². The molecule has 0 aromatic heterocycles. The summed E-state index contributed by atoms with van der Waals surface area (Å²) in [5.41, 5.74) is 4.53. The normalized spacial score (nSPS) is 15.1. The van der Waals surface area contributed by atoms with Crippen LogP contribution >= 0.6 is 0 Å². The number of aromatic hydroxyl groups is 1. The second kappa shape index (κ2) is 32.0. The van der Waals surface area contributed by atoms with Gasteiger partial charge in [-0.25, -0.2) is 0 Å². The maximum absolute atomic E-state index is 13.9. The summed E-state index contributed by atoms with van der Waals surface area (Å²) in [7, 11) is 0. The molecule has 0 radical (unpaired) electrons. The minimum Gasteiger partial charge on any atom is -0.508 e.